The summed E-state index contributed by atoms with van der Waals surface area (Å²) in [6.45, 7) is 0.784. The molecule has 0 unspecified atom stereocenters. The minimum Gasteiger partial charge on any atom is -0.283 e. The van der Waals surface area contributed by atoms with Gasteiger partial charge in [0.15, 0.2) is 0 Å². The number of halogens is 3. The smallest absolute Gasteiger partial charge is 0.283 e. The monoisotopic (exact) mass is 343 g/mol. The summed E-state index contributed by atoms with van der Waals surface area (Å²) < 4.78 is 39.1. The predicted molar refractivity (Wildman–Crippen MR) is 80.3 cm³/mol. The Morgan fingerprint density at radius 1 is 1.26 bits per heavy atom. The van der Waals surface area contributed by atoms with Gasteiger partial charge >= 0.3 is 6.18 Å². The molecule has 1 aliphatic carbocycles. The Morgan fingerprint density at radius 3 is 2.70 bits per heavy atom. The molecule has 0 saturated heterocycles. The van der Waals surface area contributed by atoms with E-state index in [1.54, 1.807) is 10.9 Å². The standard InChI is InChI=1S/C15H16F3N3OS/c16-15(17,18)14(22)13-7-6-12(23-13)11-9-21(20-19-11)8-10-4-2-1-3-5-10/h6-7,9-10H,1-5,8H2. The molecule has 23 heavy (non-hydrogen) atoms. The number of thiophene rings is 1. The average molecular weight is 343 g/mol. The third kappa shape index (κ3) is 3.80. The number of aromatic nitrogens is 3. The molecule has 124 valence electrons. The molecule has 0 N–H and O–H groups in total. The van der Waals surface area contributed by atoms with E-state index in [2.05, 4.69) is 10.3 Å². The van der Waals surface area contributed by atoms with Crippen molar-refractivity contribution in [2.45, 2.75) is 44.8 Å². The maximum atomic E-state index is 12.4. The normalized spacial score (nSPS) is 16.7. The van der Waals surface area contributed by atoms with Gasteiger partial charge < -0.3 is 0 Å². The molecule has 0 radical (unpaired) electrons. The Morgan fingerprint density at radius 2 is 2.00 bits per heavy atom. The van der Waals surface area contributed by atoms with Crippen molar-refractivity contribution in [2.75, 3.05) is 0 Å². The molecule has 0 aromatic carbocycles. The number of Topliss-reactive ketones (excluding diaryl/α,β-unsaturated/α-hetero) is 1. The Kier molecular flexibility index (Phi) is 4.52. The fourth-order valence-electron chi connectivity index (χ4n) is 2.87. The lowest BCUT2D eigenvalue weighted by molar-refractivity contribution is -0.0882. The van der Waals surface area contributed by atoms with Crippen LogP contribution in [0.3, 0.4) is 0 Å². The summed E-state index contributed by atoms with van der Waals surface area (Å²) in [6, 6.07) is 2.68. The number of hydrogen-bond donors (Lipinski definition) is 0. The van der Waals surface area contributed by atoms with Crippen LogP contribution in [0.15, 0.2) is 18.3 Å². The van der Waals surface area contributed by atoms with Gasteiger partial charge in [0.1, 0.15) is 5.69 Å². The third-order valence-electron chi connectivity index (χ3n) is 4.05. The average Bonchev–Trinajstić information content (AvgIpc) is 3.15. The zero-order chi connectivity index (χ0) is 16.4. The molecule has 1 aliphatic rings. The molecule has 0 atom stereocenters. The maximum Gasteiger partial charge on any atom is 0.455 e. The van der Waals surface area contributed by atoms with Crippen molar-refractivity contribution in [3.63, 3.8) is 0 Å². The lowest BCUT2D eigenvalue weighted by Gasteiger charge is -2.20. The molecule has 0 bridgehead atoms. The van der Waals surface area contributed by atoms with Crippen molar-refractivity contribution in [1.82, 2.24) is 15.0 Å². The van der Waals surface area contributed by atoms with Crippen molar-refractivity contribution in [1.29, 1.82) is 0 Å². The van der Waals surface area contributed by atoms with Crippen LogP contribution in [-0.4, -0.2) is 27.0 Å². The number of carbonyl (C=O) groups is 1. The summed E-state index contributed by atoms with van der Waals surface area (Å²) >= 11 is 0.795. The number of ketones is 1. The molecular formula is C15H16F3N3OS. The molecule has 3 rings (SSSR count). The maximum absolute atomic E-state index is 12.4. The second-order valence-corrected chi connectivity index (χ2v) is 6.90. The predicted octanol–water partition coefficient (Wildman–Crippen LogP) is 4.33. The highest BCUT2D eigenvalue weighted by Gasteiger charge is 2.40. The van der Waals surface area contributed by atoms with Gasteiger partial charge in [-0.2, -0.15) is 13.2 Å². The first-order valence-corrected chi connectivity index (χ1v) is 8.37. The highest BCUT2D eigenvalue weighted by Crippen LogP contribution is 2.31. The first-order chi connectivity index (χ1) is 10.9. The number of nitrogens with zero attached hydrogens (tertiary/aromatic N) is 3. The second kappa shape index (κ2) is 6.43. The van der Waals surface area contributed by atoms with Crippen LogP contribution in [0.2, 0.25) is 0 Å². The summed E-state index contributed by atoms with van der Waals surface area (Å²) in [5, 5.41) is 8.07. The minimum atomic E-state index is -4.85. The van der Waals surface area contributed by atoms with Gasteiger partial charge in [0, 0.05) is 6.54 Å². The van der Waals surface area contributed by atoms with Gasteiger partial charge in [-0.05, 0) is 30.9 Å². The third-order valence-corrected chi connectivity index (χ3v) is 5.15. The van der Waals surface area contributed by atoms with Gasteiger partial charge in [-0.15, -0.1) is 16.4 Å². The zero-order valence-electron chi connectivity index (χ0n) is 12.3. The van der Waals surface area contributed by atoms with Gasteiger partial charge in [0.05, 0.1) is 16.0 Å². The van der Waals surface area contributed by atoms with E-state index in [1.165, 1.54) is 44.2 Å². The molecule has 0 aliphatic heterocycles. The highest BCUT2D eigenvalue weighted by molar-refractivity contribution is 7.17. The molecule has 2 aromatic heterocycles. The van der Waals surface area contributed by atoms with Crippen LogP contribution >= 0.6 is 11.3 Å². The van der Waals surface area contributed by atoms with Crippen LogP contribution in [-0.2, 0) is 6.54 Å². The summed E-state index contributed by atoms with van der Waals surface area (Å²) in [6.07, 6.45) is 3.00. The van der Waals surface area contributed by atoms with E-state index in [1.807, 2.05) is 0 Å². The number of alkyl halides is 3. The molecule has 4 nitrogen and oxygen atoms in total. The number of carbonyl (C=O) groups excluding carboxylic acids is 1. The lowest BCUT2D eigenvalue weighted by Crippen LogP contribution is -2.21. The minimum absolute atomic E-state index is 0.325. The van der Waals surface area contributed by atoms with Gasteiger partial charge in [0.2, 0.25) is 0 Å². The fourth-order valence-corrected chi connectivity index (χ4v) is 3.79. The molecule has 2 aromatic rings. The Balaban J connectivity index is 1.70. The topological polar surface area (TPSA) is 47.8 Å². The number of hydrogen-bond acceptors (Lipinski definition) is 4. The SMILES string of the molecule is O=C(c1ccc(-c2cn(CC3CCCCC3)nn2)s1)C(F)(F)F. The zero-order valence-corrected chi connectivity index (χ0v) is 13.2. The fraction of sp³-hybridized carbons (Fsp3) is 0.533. The van der Waals surface area contributed by atoms with Crippen LogP contribution in [0.1, 0.15) is 41.8 Å². The van der Waals surface area contributed by atoms with Crippen molar-refractivity contribution in [2.24, 2.45) is 5.92 Å². The van der Waals surface area contributed by atoms with Gasteiger partial charge in [0.25, 0.3) is 5.78 Å². The summed E-state index contributed by atoms with van der Waals surface area (Å²) in [5.41, 5.74) is 0.507. The Labute approximate surface area is 135 Å². The largest absolute Gasteiger partial charge is 0.455 e. The molecule has 1 saturated carbocycles. The molecular weight excluding hydrogens is 327 g/mol. The van der Waals surface area contributed by atoms with Crippen molar-refractivity contribution in [3.8, 4) is 10.6 Å². The van der Waals surface area contributed by atoms with Gasteiger partial charge in [-0.3, -0.25) is 9.48 Å². The molecule has 0 spiro atoms. The Hall–Kier alpha value is -1.70. The molecule has 8 heteroatoms. The van der Waals surface area contributed by atoms with Crippen molar-refractivity contribution < 1.29 is 18.0 Å². The van der Waals surface area contributed by atoms with E-state index in [0.29, 0.717) is 16.5 Å². The highest BCUT2D eigenvalue weighted by atomic mass is 32.1. The van der Waals surface area contributed by atoms with E-state index in [0.717, 1.165) is 17.9 Å². The van der Waals surface area contributed by atoms with Crippen LogP contribution in [0.4, 0.5) is 13.2 Å². The van der Waals surface area contributed by atoms with Crippen molar-refractivity contribution >= 4 is 17.1 Å². The van der Waals surface area contributed by atoms with Gasteiger partial charge in [-0.1, -0.05) is 24.5 Å². The Bertz CT molecular complexity index is 686. The van der Waals surface area contributed by atoms with E-state index in [4.69, 9.17) is 0 Å². The second-order valence-electron chi connectivity index (χ2n) is 5.82. The van der Waals surface area contributed by atoms with Crippen LogP contribution < -0.4 is 0 Å². The van der Waals surface area contributed by atoms with Crippen molar-refractivity contribution in [3.05, 3.63) is 23.2 Å². The molecule has 1 fully saturated rings. The number of rotatable bonds is 4. The van der Waals surface area contributed by atoms with Crippen LogP contribution in [0, 0.1) is 5.92 Å². The summed E-state index contributed by atoms with van der Waals surface area (Å²) in [5.74, 6) is -1.23. The molecule has 0 amide bonds. The summed E-state index contributed by atoms with van der Waals surface area (Å²) in [4.78, 5) is 11.4. The van der Waals surface area contributed by atoms with Crippen LogP contribution in [0.5, 0.6) is 0 Å². The summed E-state index contributed by atoms with van der Waals surface area (Å²) in [7, 11) is 0. The van der Waals surface area contributed by atoms with E-state index >= 15 is 0 Å². The quantitative estimate of drug-likeness (QED) is 0.776. The van der Waals surface area contributed by atoms with E-state index in [9.17, 15) is 18.0 Å². The first kappa shape index (κ1) is 16.2. The van der Waals surface area contributed by atoms with Gasteiger partial charge in [-0.25, -0.2) is 0 Å². The van der Waals surface area contributed by atoms with Crippen LogP contribution in [0.25, 0.3) is 10.6 Å². The molecule has 2 heterocycles. The first-order valence-electron chi connectivity index (χ1n) is 7.55. The lowest BCUT2D eigenvalue weighted by atomic mass is 9.89. The van der Waals surface area contributed by atoms with E-state index < -0.39 is 12.0 Å². The van der Waals surface area contributed by atoms with E-state index in [-0.39, 0.29) is 4.88 Å².